The van der Waals surface area contributed by atoms with E-state index in [1.165, 1.54) is 33.7 Å². The monoisotopic (exact) mass is 605 g/mol. The summed E-state index contributed by atoms with van der Waals surface area (Å²) in [6.07, 6.45) is 2.95. The number of rotatable bonds is 10. The van der Waals surface area contributed by atoms with Gasteiger partial charge in [-0.15, -0.1) is 11.8 Å². The molecule has 0 aromatic carbocycles. The van der Waals surface area contributed by atoms with Gasteiger partial charge in [0, 0.05) is 29.2 Å². The molecule has 0 radical (unpaired) electrons. The molecule has 0 saturated carbocycles. The first-order valence-electron chi connectivity index (χ1n) is 14.0. The number of guanidine groups is 1. The van der Waals surface area contributed by atoms with Crippen LogP contribution in [0.3, 0.4) is 0 Å². The zero-order valence-electron chi connectivity index (χ0n) is 23.9. The van der Waals surface area contributed by atoms with Crippen LogP contribution in [0.5, 0.6) is 0 Å². The highest BCUT2D eigenvalue weighted by molar-refractivity contribution is 8.03. The van der Waals surface area contributed by atoms with Gasteiger partial charge in [0.25, 0.3) is 5.91 Å². The Morgan fingerprint density at radius 2 is 1.90 bits per heavy atom. The van der Waals surface area contributed by atoms with E-state index < -0.39 is 42.1 Å². The van der Waals surface area contributed by atoms with Crippen molar-refractivity contribution in [2.45, 2.75) is 62.6 Å². The fraction of sp³-hybridized carbons (Fsp3) is 0.607. The molecular weight excluding hydrogens is 566 g/mol. The topological polar surface area (TPSA) is 175 Å². The zero-order valence-corrected chi connectivity index (χ0v) is 24.7. The van der Waals surface area contributed by atoms with Gasteiger partial charge in [-0.25, -0.2) is 9.59 Å². The van der Waals surface area contributed by atoms with Crippen LogP contribution in [0.2, 0.25) is 0 Å². The van der Waals surface area contributed by atoms with Gasteiger partial charge in [0.1, 0.15) is 25.0 Å². The van der Waals surface area contributed by atoms with Crippen LogP contribution in [0, 0.1) is 11.8 Å². The molecule has 0 aliphatic carbocycles. The van der Waals surface area contributed by atoms with Gasteiger partial charge >= 0.3 is 12.1 Å². The van der Waals surface area contributed by atoms with Gasteiger partial charge < -0.3 is 35.2 Å². The fourth-order valence-electron chi connectivity index (χ4n) is 6.16. The zero-order chi connectivity index (χ0) is 30.7. The molecule has 4 aliphatic heterocycles. The minimum absolute atomic E-state index is 0.0153. The molecular formula is C28H39N5O8S. The van der Waals surface area contributed by atoms with Gasteiger partial charge in [-0.2, -0.15) is 4.99 Å². The molecule has 4 rings (SSSR count). The maximum atomic E-state index is 13.4. The molecule has 0 aromatic rings. The Morgan fingerprint density at radius 3 is 2.55 bits per heavy atom. The number of hydrogen-bond acceptors (Lipinski definition) is 9. The summed E-state index contributed by atoms with van der Waals surface area (Å²) in [6.45, 7) is 11.0. The summed E-state index contributed by atoms with van der Waals surface area (Å²) in [6, 6.07) is -1.62. The van der Waals surface area contributed by atoms with Gasteiger partial charge in [-0.1, -0.05) is 32.2 Å². The predicted octanol–water partition coefficient (Wildman–Crippen LogP) is 0.581. The Labute approximate surface area is 249 Å². The van der Waals surface area contributed by atoms with Crippen LogP contribution in [0.25, 0.3) is 0 Å². The number of hydrogen-bond donors (Lipinski definition) is 3. The van der Waals surface area contributed by atoms with E-state index in [0.29, 0.717) is 11.4 Å². The van der Waals surface area contributed by atoms with E-state index in [4.69, 9.17) is 15.2 Å². The molecule has 4 aliphatic rings. The minimum Gasteiger partial charge on any atom is -0.457 e. The highest BCUT2D eigenvalue weighted by Gasteiger charge is 2.60. The van der Waals surface area contributed by atoms with Crippen molar-refractivity contribution in [1.82, 2.24) is 14.7 Å². The largest absolute Gasteiger partial charge is 0.457 e. The highest BCUT2D eigenvalue weighted by atomic mass is 32.2. The highest BCUT2D eigenvalue weighted by Crippen LogP contribution is 2.52. The van der Waals surface area contributed by atoms with Gasteiger partial charge in [-0.3, -0.25) is 14.5 Å². The number of aliphatic imine (C=N–C) groups is 1. The Hall–Kier alpha value is -3.36. The van der Waals surface area contributed by atoms with Crippen LogP contribution in [0.15, 0.2) is 40.9 Å². The summed E-state index contributed by atoms with van der Waals surface area (Å²) < 4.78 is 10.5. The summed E-state index contributed by atoms with van der Waals surface area (Å²) in [5.41, 5.74) is 6.26. The summed E-state index contributed by atoms with van der Waals surface area (Å²) in [4.78, 5) is 61.5. The molecule has 42 heavy (non-hydrogen) atoms. The molecule has 3 saturated heterocycles. The van der Waals surface area contributed by atoms with Crippen molar-refractivity contribution in [3.05, 3.63) is 35.9 Å². The molecule has 14 heteroatoms. The lowest BCUT2D eigenvalue weighted by molar-refractivity contribution is -0.164. The van der Waals surface area contributed by atoms with Gasteiger partial charge in [-0.05, 0) is 26.2 Å². The third-order valence-electron chi connectivity index (χ3n) is 8.14. The van der Waals surface area contributed by atoms with Gasteiger partial charge in [0.05, 0.1) is 30.7 Å². The molecule has 0 bridgehead atoms. The van der Waals surface area contributed by atoms with Crippen molar-refractivity contribution in [2.24, 2.45) is 22.6 Å². The Morgan fingerprint density at radius 1 is 1.21 bits per heavy atom. The number of esters is 1. The molecule has 7 atom stereocenters. The summed E-state index contributed by atoms with van der Waals surface area (Å²) in [5, 5.41) is 19.5. The molecule has 1 unspecified atom stereocenters. The number of aliphatic hydroxyl groups is 2. The number of carbonyl (C=O) groups excluding carboxylic acids is 4. The van der Waals surface area contributed by atoms with Gasteiger partial charge in [0.2, 0.25) is 5.91 Å². The lowest BCUT2D eigenvalue weighted by Crippen LogP contribution is -2.63. The molecule has 0 aromatic heterocycles. The Bertz CT molecular complexity index is 1190. The summed E-state index contributed by atoms with van der Waals surface area (Å²) in [5.74, 6) is -2.63. The number of nitrogens with two attached hydrogens (primary N) is 1. The van der Waals surface area contributed by atoms with Crippen LogP contribution >= 0.6 is 11.8 Å². The predicted molar refractivity (Wildman–Crippen MR) is 155 cm³/mol. The van der Waals surface area contributed by atoms with Crippen LogP contribution in [0.4, 0.5) is 4.79 Å². The fourth-order valence-corrected chi connectivity index (χ4v) is 7.68. The molecule has 4 N–H and O–H groups in total. The van der Waals surface area contributed by atoms with E-state index in [1.54, 1.807) is 11.8 Å². The van der Waals surface area contributed by atoms with Crippen molar-refractivity contribution in [3.8, 4) is 0 Å². The van der Waals surface area contributed by atoms with Gasteiger partial charge in [0.15, 0.2) is 5.96 Å². The van der Waals surface area contributed by atoms with E-state index in [2.05, 4.69) is 18.2 Å². The standard InChI is InChI=1S/C28H39N5O8S/c1-5-10-40-26(38)22-23(15(3)21-20(16(4)35)25(37)33(21)22)42-18-12-19(32(13-18)28(39)41-11-6-2)24(36)30-27(29)31-9-7-8-17(31)14-34/h5-6,15-21,34-35H,1-2,7-14H2,3-4H3,(H2,29,30,36)/t15-,16-,17?,18+,19+,20-,21-/m1/s1. The number of thioether (sulfide) groups is 1. The number of aliphatic hydroxyl groups excluding tert-OH is 2. The lowest BCUT2D eigenvalue weighted by atomic mass is 9.79. The second-order valence-electron chi connectivity index (χ2n) is 10.8. The van der Waals surface area contributed by atoms with E-state index in [1.807, 2.05) is 6.92 Å². The number of β-lactam (4-membered cyclic amide) rings is 1. The molecule has 13 nitrogen and oxygen atoms in total. The van der Waals surface area contributed by atoms with Crippen molar-refractivity contribution in [3.63, 3.8) is 0 Å². The van der Waals surface area contributed by atoms with E-state index in [-0.39, 0.29) is 67.6 Å². The minimum atomic E-state index is -0.981. The van der Waals surface area contributed by atoms with Crippen molar-refractivity contribution < 1.29 is 38.9 Å². The molecule has 3 amide bonds. The normalized spacial score (nSPS) is 29.8. The second-order valence-corrected chi connectivity index (χ2v) is 12.2. The third kappa shape index (κ3) is 5.92. The number of amides is 3. The molecule has 230 valence electrons. The maximum absolute atomic E-state index is 13.4. The average molecular weight is 606 g/mol. The first kappa shape index (κ1) is 31.6. The summed E-state index contributed by atoms with van der Waals surface area (Å²) in [7, 11) is 0. The van der Waals surface area contributed by atoms with E-state index >= 15 is 0 Å². The number of fused-ring (bicyclic) bond motifs is 1. The van der Waals surface area contributed by atoms with Crippen LogP contribution in [-0.2, 0) is 23.9 Å². The van der Waals surface area contributed by atoms with Crippen molar-refractivity contribution in [2.75, 3.05) is 32.9 Å². The first-order chi connectivity index (χ1) is 20.0. The SMILES string of the molecule is C=CCOC(=O)C1=C(S[C@H]2C[C@@H](C(=O)N=C(N)N3CCCC3CO)N(C(=O)OCC=C)C2)[C@H](C)[C@@H]2[C@@H]([C@@H](C)O)C(=O)N12. The van der Waals surface area contributed by atoms with Crippen LogP contribution < -0.4 is 5.73 Å². The third-order valence-corrected chi connectivity index (χ3v) is 9.64. The summed E-state index contributed by atoms with van der Waals surface area (Å²) >= 11 is 1.30. The molecule has 0 spiro atoms. The molecule has 3 fully saturated rings. The van der Waals surface area contributed by atoms with Crippen LogP contribution in [0.1, 0.15) is 33.1 Å². The first-order valence-corrected chi connectivity index (χ1v) is 14.9. The number of nitrogens with zero attached hydrogens (tertiary/aromatic N) is 4. The smallest absolute Gasteiger partial charge is 0.410 e. The quantitative estimate of drug-likeness (QED) is 0.104. The average Bonchev–Trinajstić information content (AvgIpc) is 3.66. The van der Waals surface area contributed by atoms with Crippen LogP contribution in [-0.4, -0.2) is 117 Å². The second kappa shape index (κ2) is 13.3. The van der Waals surface area contributed by atoms with E-state index in [0.717, 1.165) is 12.8 Å². The number of likely N-dealkylation sites (tertiary alicyclic amines) is 2. The molecule has 4 heterocycles. The lowest BCUT2D eigenvalue weighted by Gasteiger charge is -2.46. The Kier molecular flexibility index (Phi) is 10.00. The van der Waals surface area contributed by atoms with Crippen molar-refractivity contribution >= 4 is 41.6 Å². The van der Waals surface area contributed by atoms with Crippen molar-refractivity contribution in [1.29, 1.82) is 0 Å². The van der Waals surface area contributed by atoms with E-state index in [9.17, 15) is 29.4 Å². The number of ether oxygens (including phenoxy) is 2. The number of carbonyl (C=O) groups is 4. The maximum Gasteiger partial charge on any atom is 0.410 e. The Balaban J connectivity index is 1.60.